The topological polar surface area (TPSA) is 66.7 Å². The van der Waals surface area contributed by atoms with Crippen LogP contribution in [0.1, 0.15) is 18.4 Å². The maximum atomic E-state index is 12.5. The van der Waals surface area contributed by atoms with Gasteiger partial charge < -0.3 is 9.42 Å². The van der Waals surface area contributed by atoms with Crippen molar-refractivity contribution in [3.05, 3.63) is 11.5 Å². The first-order chi connectivity index (χ1) is 8.46. The lowest BCUT2D eigenvalue weighted by Gasteiger charge is -2.33. The Morgan fingerprint density at radius 1 is 1.22 bits per heavy atom. The molecule has 1 aliphatic rings. The van der Waals surface area contributed by atoms with Crippen molar-refractivity contribution < 1.29 is 12.9 Å². The molecule has 0 spiro atoms. The first-order valence-electron chi connectivity index (χ1n) is 6.12. The summed E-state index contributed by atoms with van der Waals surface area (Å²) in [5.41, 5.74) is 0.436. The second-order valence-electron chi connectivity index (χ2n) is 4.49. The summed E-state index contributed by atoms with van der Waals surface area (Å²) in [7, 11) is -3.46. The molecular weight excluding hydrogens is 254 g/mol. The van der Waals surface area contributed by atoms with Gasteiger partial charge >= 0.3 is 0 Å². The van der Waals surface area contributed by atoms with Crippen molar-refractivity contribution in [2.45, 2.75) is 25.7 Å². The molecule has 102 valence electrons. The summed E-state index contributed by atoms with van der Waals surface area (Å²) in [6.07, 6.45) is 0. The number of piperazine rings is 1. The van der Waals surface area contributed by atoms with E-state index >= 15 is 0 Å². The van der Waals surface area contributed by atoms with E-state index in [1.807, 2.05) is 0 Å². The molecule has 0 saturated carbocycles. The molecule has 1 aromatic heterocycles. The van der Waals surface area contributed by atoms with Crippen molar-refractivity contribution in [3.8, 4) is 0 Å². The van der Waals surface area contributed by atoms with Crippen molar-refractivity contribution >= 4 is 10.0 Å². The first-order valence-corrected chi connectivity index (χ1v) is 7.56. The fraction of sp³-hybridized carbons (Fsp3) is 0.727. The fourth-order valence-electron chi connectivity index (χ4n) is 2.26. The van der Waals surface area contributed by atoms with Crippen molar-refractivity contribution in [2.24, 2.45) is 0 Å². The lowest BCUT2D eigenvalue weighted by atomic mass is 10.4. The molecule has 1 aromatic rings. The summed E-state index contributed by atoms with van der Waals surface area (Å²) in [6.45, 7) is 8.94. The van der Waals surface area contributed by atoms with Crippen LogP contribution in [0.3, 0.4) is 0 Å². The Morgan fingerprint density at radius 3 is 2.28 bits per heavy atom. The van der Waals surface area contributed by atoms with Gasteiger partial charge in [-0.1, -0.05) is 12.1 Å². The minimum absolute atomic E-state index is 0.229. The molecule has 2 heterocycles. The Bertz CT molecular complexity index is 496. The Balaban J connectivity index is 2.23. The van der Waals surface area contributed by atoms with E-state index in [2.05, 4.69) is 17.0 Å². The molecule has 0 bridgehead atoms. The average Bonchev–Trinajstić information content (AvgIpc) is 2.69. The maximum Gasteiger partial charge on any atom is 0.248 e. The normalized spacial score (nSPS) is 19.3. The van der Waals surface area contributed by atoms with Crippen LogP contribution in [0.15, 0.2) is 9.42 Å². The number of nitrogens with zero attached hydrogens (tertiary/aromatic N) is 3. The van der Waals surface area contributed by atoms with Crippen LogP contribution in [0.4, 0.5) is 0 Å². The highest BCUT2D eigenvalue weighted by atomic mass is 32.2. The average molecular weight is 273 g/mol. The van der Waals surface area contributed by atoms with E-state index in [9.17, 15) is 8.42 Å². The number of hydrogen-bond donors (Lipinski definition) is 0. The highest BCUT2D eigenvalue weighted by Crippen LogP contribution is 2.23. The fourth-order valence-corrected chi connectivity index (χ4v) is 3.97. The van der Waals surface area contributed by atoms with Gasteiger partial charge in [0.2, 0.25) is 10.0 Å². The summed E-state index contributed by atoms with van der Waals surface area (Å²) in [6, 6.07) is 0. The summed E-state index contributed by atoms with van der Waals surface area (Å²) >= 11 is 0. The number of aryl methyl sites for hydroxylation is 2. The predicted molar refractivity (Wildman–Crippen MR) is 66.8 cm³/mol. The number of rotatable bonds is 3. The highest BCUT2D eigenvalue weighted by molar-refractivity contribution is 7.89. The van der Waals surface area contributed by atoms with E-state index in [-0.39, 0.29) is 4.90 Å². The lowest BCUT2D eigenvalue weighted by Crippen LogP contribution is -2.48. The first kappa shape index (κ1) is 13.5. The molecule has 2 rings (SSSR count). The zero-order valence-electron chi connectivity index (χ0n) is 11.0. The van der Waals surface area contributed by atoms with Gasteiger partial charge in [0.05, 0.1) is 0 Å². The minimum Gasteiger partial charge on any atom is -0.360 e. The standard InChI is InChI=1S/C11H19N3O3S/c1-4-13-5-7-14(8-6-13)18(15,16)11-9(2)12-17-10(11)3/h4-8H2,1-3H3. The Kier molecular flexibility index (Phi) is 3.74. The number of aromatic nitrogens is 1. The number of hydrogen-bond acceptors (Lipinski definition) is 5. The van der Waals surface area contributed by atoms with Crippen LogP contribution < -0.4 is 0 Å². The van der Waals surface area contributed by atoms with Crippen LogP contribution in [0, 0.1) is 13.8 Å². The zero-order valence-corrected chi connectivity index (χ0v) is 11.8. The summed E-state index contributed by atoms with van der Waals surface area (Å²) in [5, 5.41) is 3.72. The van der Waals surface area contributed by atoms with Gasteiger partial charge in [-0.05, 0) is 20.4 Å². The van der Waals surface area contributed by atoms with E-state index in [0.717, 1.165) is 19.6 Å². The van der Waals surface area contributed by atoms with Gasteiger partial charge in [-0.15, -0.1) is 0 Å². The SMILES string of the molecule is CCN1CCN(S(=O)(=O)c2c(C)noc2C)CC1. The second kappa shape index (κ2) is 4.99. The van der Waals surface area contributed by atoms with Gasteiger partial charge in [0.25, 0.3) is 0 Å². The summed E-state index contributed by atoms with van der Waals surface area (Å²) in [5.74, 6) is 0.366. The van der Waals surface area contributed by atoms with E-state index in [4.69, 9.17) is 4.52 Å². The largest absolute Gasteiger partial charge is 0.360 e. The second-order valence-corrected chi connectivity index (χ2v) is 6.37. The third-order valence-corrected chi connectivity index (χ3v) is 5.49. The molecule has 6 nitrogen and oxygen atoms in total. The Morgan fingerprint density at radius 2 is 1.83 bits per heavy atom. The maximum absolute atomic E-state index is 12.5. The molecule has 1 fully saturated rings. The van der Waals surface area contributed by atoms with E-state index in [1.165, 1.54) is 4.31 Å². The molecule has 7 heteroatoms. The molecule has 0 radical (unpaired) electrons. The Hall–Kier alpha value is -0.920. The van der Waals surface area contributed by atoms with E-state index in [1.54, 1.807) is 13.8 Å². The van der Waals surface area contributed by atoms with Crippen molar-refractivity contribution in [1.82, 2.24) is 14.4 Å². The molecule has 0 unspecified atom stereocenters. The van der Waals surface area contributed by atoms with Crippen LogP contribution in [0.5, 0.6) is 0 Å². The minimum atomic E-state index is -3.46. The van der Waals surface area contributed by atoms with E-state index in [0.29, 0.717) is 24.5 Å². The smallest absolute Gasteiger partial charge is 0.248 e. The predicted octanol–water partition coefficient (Wildman–Crippen LogP) is 0.618. The third kappa shape index (κ3) is 2.30. The van der Waals surface area contributed by atoms with Crippen LogP contribution >= 0.6 is 0 Å². The third-order valence-electron chi connectivity index (χ3n) is 3.34. The van der Waals surface area contributed by atoms with Crippen LogP contribution in [0.25, 0.3) is 0 Å². The van der Waals surface area contributed by atoms with Gasteiger partial charge in [-0.2, -0.15) is 4.31 Å². The molecule has 18 heavy (non-hydrogen) atoms. The van der Waals surface area contributed by atoms with Gasteiger partial charge in [0.1, 0.15) is 10.6 Å². The van der Waals surface area contributed by atoms with Gasteiger partial charge in [0.15, 0.2) is 5.76 Å². The van der Waals surface area contributed by atoms with Crippen molar-refractivity contribution in [3.63, 3.8) is 0 Å². The molecule has 0 amide bonds. The van der Waals surface area contributed by atoms with Crippen LogP contribution in [-0.2, 0) is 10.0 Å². The Labute approximate surface area is 108 Å². The molecule has 0 atom stereocenters. The molecule has 1 saturated heterocycles. The molecule has 1 aliphatic heterocycles. The van der Waals surface area contributed by atoms with Gasteiger partial charge in [-0.3, -0.25) is 0 Å². The number of sulfonamides is 1. The van der Waals surface area contributed by atoms with Crippen LogP contribution in [0.2, 0.25) is 0 Å². The quantitative estimate of drug-likeness (QED) is 0.807. The molecule has 0 aromatic carbocycles. The lowest BCUT2D eigenvalue weighted by molar-refractivity contribution is 0.196. The zero-order chi connectivity index (χ0) is 13.3. The van der Waals surface area contributed by atoms with Crippen LogP contribution in [-0.4, -0.2) is 55.5 Å². The monoisotopic (exact) mass is 273 g/mol. The summed E-state index contributed by atoms with van der Waals surface area (Å²) < 4.78 is 31.5. The van der Waals surface area contributed by atoms with Gasteiger partial charge in [0, 0.05) is 26.2 Å². The summed E-state index contributed by atoms with van der Waals surface area (Å²) in [4.78, 5) is 2.46. The van der Waals surface area contributed by atoms with Crippen molar-refractivity contribution in [2.75, 3.05) is 32.7 Å². The van der Waals surface area contributed by atoms with E-state index < -0.39 is 10.0 Å². The van der Waals surface area contributed by atoms with Gasteiger partial charge in [-0.25, -0.2) is 8.42 Å². The molecule has 0 aliphatic carbocycles. The number of likely N-dealkylation sites (N-methyl/N-ethyl adjacent to an activating group) is 1. The van der Waals surface area contributed by atoms with Crippen molar-refractivity contribution in [1.29, 1.82) is 0 Å². The molecular formula is C11H19N3O3S. The molecule has 0 N–H and O–H groups in total. The highest BCUT2D eigenvalue weighted by Gasteiger charge is 2.32.